The normalized spacial score (nSPS) is 9.86. The van der Waals surface area contributed by atoms with Gasteiger partial charge in [0.15, 0.2) is 0 Å². The summed E-state index contributed by atoms with van der Waals surface area (Å²) in [7, 11) is 0. The number of hydrogen-bond donors (Lipinski definition) is 1. The number of aromatic nitrogens is 1. The lowest BCUT2D eigenvalue weighted by atomic mass is 10.1. The van der Waals surface area contributed by atoms with E-state index in [1.807, 2.05) is 0 Å². The fourth-order valence-corrected chi connectivity index (χ4v) is 1.25. The van der Waals surface area contributed by atoms with Crippen LogP contribution < -0.4 is 5.73 Å². The summed E-state index contributed by atoms with van der Waals surface area (Å²) in [5.41, 5.74) is 5.85. The van der Waals surface area contributed by atoms with Gasteiger partial charge in [0.2, 0.25) is 0 Å². The average molecular weight is 195 g/mol. The molecule has 0 saturated heterocycles. The molecule has 2 N–H and O–H groups in total. The van der Waals surface area contributed by atoms with Crippen LogP contribution in [0.25, 0.3) is 0 Å². The van der Waals surface area contributed by atoms with E-state index in [1.165, 1.54) is 0 Å². The monoisotopic (exact) mass is 195 g/mol. The first-order valence-corrected chi connectivity index (χ1v) is 3.86. The van der Waals surface area contributed by atoms with Crippen molar-refractivity contribution in [2.45, 2.75) is 13.8 Å². The smallest absolute Gasteiger partial charge is 0.365 e. The highest BCUT2D eigenvalue weighted by Crippen LogP contribution is 2.19. The molecule has 0 radical (unpaired) electrons. The molecule has 0 spiro atoms. The lowest BCUT2D eigenvalue weighted by molar-refractivity contribution is -0.389. The molecule has 0 aliphatic rings. The van der Waals surface area contributed by atoms with Gasteiger partial charge in [-0.05, 0) is 28.5 Å². The van der Waals surface area contributed by atoms with Crippen molar-refractivity contribution in [1.29, 1.82) is 0 Å². The van der Waals surface area contributed by atoms with E-state index < -0.39 is 16.6 Å². The lowest BCUT2D eigenvalue weighted by Crippen LogP contribution is -2.16. The third-order valence-electron chi connectivity index (χ3n) is 1.74. The Kier molecular flexibility index (Phi) is 2.46. The molecule has 6 heteroatoms. The Morgan fingerprint density at radius 1 is 1.57 bits per heavy atom. The van der Waals surface area contributed by atoms with Crippen LogP contribution in [0.2, 0.25) is 0 Å². The van der Waals surface area contributed by atoms with Gasteiger partial charge in [0.25, 0.3) is 5.91 Å². The van der Waals surface area contributed by atoms with Crippen molar-refractivity contribution in [3.63, 3.8) is 0 Å². The highest BCUT2D eigenvalue weighted by atomic mass is 16.6. The Morgan fingerprint density at radius 3 is 2.57 bits per heavy atom. The molecule has 0 fully saturated rings. The Balaban J connectivity index is 3.52. The number of rotatable bonds is 2. The number of primary amides is 1. The molecule has 1 aromatic rings. The zero-order valence-corrected chi connectivity index (χ0v) is 7.77. The number of nitro groups is 1. The number of nitrogens with two attached hydrogens (primary N) is 1. The van der Waals surface area contributed by atoms with Crippen LogP contribution in [0.15, 0.2) is 6.07 Å². The third-order valence-corrected chi connectivity index (χ3v) is 1.74. The fourth-order valence-electron chi connectivity index (χ4n) is 1.25. The van der Waals surface area contributed by atoms with E-state index in [1.54, 1.807) is 19.9 Å². The fraction of sp³-hybridized carbons (Fsp3) is 0.250. The van der Waals surface area contributed by atoms with Gasteiger partial charge in [0, 0.05) is 6.92 Å². The summed E-state index contributed by atoms with van der Waals surface area (Å²) in [6, 6.07) is 1.58. The van der Waals surface area contributed by atoms with Crippen LogP contribution in [0, 0.1) is 24.0 Å². The maximum Gasteiger partial charge on any atom is 0.376 e. The highest BCUT2D eigenvalue weighted by molar-refractivity contribution is 5.97. The van der Waals surface area contributed by atoms with Gasteiger partial charge in [0.05, 0.1) is 0 Å². The lowest BCUT2D eigenvalue weighted by Gasteiger charge is -2.02. The quantitative estimate of drug-likeness (QED) is 0.554. The number of carbonyl (C=O) groups is 1. The molecule has 0 aromatic carbocycles. The van der Waals surface area contributed by atoms with Crippen LogP contribution in [0.1, 0.15) is 21.6 Å². The Morgan fingerprint density at radius 2 is 2.14 bits per heavy atom. The van der Waals surface area contributed by atoms with Crippen molar-refractivity contribution >= 4 is 11.7 Å². The zero-order chi connectivity index (χ0) is 10.9. The predicted molar refractivity (Wildman–Crippen MR) is 48.9 cm³/mol. The zero-order valence-electron chi connectivity index (χ0n) is 7.77. The van der Waals surface area contributed by atoms with Crippen molar-refractivity contribution < 1.29 is 9.72 Å². The molecule has 0 atom stereocenters. The Labute approximate surface area is 79.9 Å². The number of amides is 1. The third kappa shape index (κ3) is 1.68. The molecule has 6 nitrogen and oxygen atoms in total. The standard InChI is InChI=1S/C8H9N3O3/c1-4-3-5(2)10-8(11(13)14)6(4)7(9)12/h3H,1-2H3,(H2,9,12). The molecule has 1 aromatic heterocycles. The molecule has 14 heavy (non-hydrogen) atoms. The van der Waals surface area contributed by atoms with Crippen molar-refractivity contribution in [1.82, 2.24) is 4.98 Å². The number of hydrogen-bond acceptors (Lipinski definition) is 4. The Hall–Kier alpha value is -1.98. The average Bonchev–Trinajstić information content (AvgIpc) is 2.01. The summed E-state index contributed by atoms with van der Waals surface area (Å²) >= 11 is 0. The molecule has 0 bridgehead atoms. The van der Waals surface area contributed by atoms with Crippen molar-refractivity contribution in [3.8, 4) is 0 Å². The second kappa shape index (κ2) is 3.41. The molecule has 1 rings (SSSR count). The molecular formula is C8H9N3O3. The van der Waals surface area contributed by atoms with E-state index in [0.29, 0.717) is 11.3 Å². The first-order chi connectivity index (χ1) is 6.43. The van der Waals surface area contributed by atoms with E-state index in [4.69, 9.17) is 5.73 Å². The first kappa shape index (κ1) is 10.1. The van der Waals surface area contributed by atoms with Gasteiger partial charge >= 0.3 is 5.82 Å². The van der Waals surface area contributed by atoms with Crippen LogP contribution in [0.3, 0.4) is 0 Å². The maximum atomic E-state index is 10.9. The van der Waals surface area contributed by atoms with Gasteiger partial charge in [-0.1, -0.05) is 0 Å². The largest absolute Gasteiger partial charge is 0.376 e. The molecule has 0 saturated carbocycles. The van der Waals surface area contributed by atoms with Crippen molar-refractivity contribution in [2.75, 3.05) is 0 Å². The molecule has 1 amide bonds. The van der Waals surface area contributed by atoms with Gasteiger partial charge in [-0.2, -0.15) is 0 Å². The summed E-state index contributed by atoms with van der Waals surface area (Å²) in [6.45, 7) is 3.20. The number of pyridine rings is 1. The van der Waals surface area contributed by atoms with Gasteiger partial charge in [0.1, 0.15) is 11.3 Å². The summed E-state index contributed by atoms with van der Waals surface area (Å²) in [6.07, 6.45) is 0. The van der Waals surface area contributed by atoms with Crippen molar-refractivity contribution in [3.05, 3.63) is 33.0 Å². The van der Waals surface area contributed by atoms with Crippen molar-refractivity contribution in [2.24, 2.45) is 5.73 Å². The van der Waals surface area contributed by atoms with Gasteiger partial charge < -0.3 is 15.8 Å². The molecular weight excluding hydrogens is 186 g/mol. The number of carbonyl (C=O) groups excluding carboxylic acids is 1. The van der Waals surface area contributed by atoms with Gasteiger partial charge in [-0.3, -0.25) is 4.79 Å². The van der Waals surface area contributed by atoms with Crippen LogP contribution in [-0.2, 0) is 0 Å². The summed E-state index contributed by atoms with van der Waals surface area (Å²) in [5, 5.41) is 10.6. The minimum absolute atomic E-state index is 0.124. The van der Waals surface area contributed by atoms with E-state index >= 15 is 0 Å². The molecule has 74 valence electrons. The van der Waals surface area contributed by atoms with Gasteiger partial charge in [-0.15, -0.1) is 0 Å². The number of aryl methyl sites for hydroxylation is 2. The summed E-state index contributed by atoms with van der Waals surface area (Å²) < 4.78 is 0. The molecule has 0 aliphatic carbocycles. The van der Waals surface area contributed by atoms with Crippen LogP contribution in [-0.4, -0.2) is 15.8 Å². The second-order valence-electron chi connectivity index (χ2n) is 2.90. The van der Waals surface area contributed by atoms with Crippen LogP contribution >= 0.6 is 0 Å². The molecule has 0 unspecified atom stereocenters. The summed E-state index contributed by atoms with van der Waals surface area (Å²) in [4.78, 5) is 24.4. The molecule has 1 heterocycles. The predicted octanol–water partition coefficient (Wildman–Crippen LogP) is 0.706. The first-order valence-electron chi connectivity index (χ1n) is 3.86. The van der Waals surface area contributed by atoms with E-state index in [0.717, 1.165) is 0 Å². The molecule has 0 aliphatic heterocycles. The minimum atomic E-state index is -0.832. The van der Waals surface area contributed by atoms with E-state index in [9.17, 15) is 14.9 Å². The topological polar surface area (TPSA) is 99.1 Å². The van der Waals surface area contributed by atoms with Crippen LogP contribution in [0.4, 0.5) is 5.82 Å². The van der Waals surface area contributed by atoms with Crippen LogP contribution in [0.5, 0.6) is 0 Å². The number of nitrogens with zero attached hydrogens (tertiary/aromatic N) is 2. The Bertz CT molecular complexity index is 415. The van der Waals surface area contributed by atoms with Gasteiger partial charge in [-0.25, -0.2) is 0 Å². The van der Waals surface area contributed by atoms with E-state index in [-0.39, 0.29) is 5.56 Å². The highest BCUT2D eigenvalue weighted by Gasteiger charge is 2.23. The second-order valence-corrected chi connectivity index (χ2v) is 2.90. The SMILES string of the molecule is Cc1cc(C)c(C(N)=O)c([N+](=O)[O-])n1. The minimum Gasteiger partial charge on any atom is -0.365 e. The summed E-state index contributed by atoms with van der Waals surface area (Å²) in [5.74, 6) is -1.31. The maximum absolute atomic E-state index is 10.9. The van der Waals surface area contributed by atoms with E-state index in [2.05, 4.69) is 4.98 Å².